The number of aliphatic hydroxyl groups excluding tert-OH is 1. The highest BCUT2D eigenvalue weighted by Crippen LogP contribution is 2.40. The van der Waals surface area contributed by atoms with Gasteiger partial charge in [-0.05, 0) is 49.5 Å². The lowest BCUT2D eigenvalue weighted by Crippen LogP contribution is -2.29. The predicted molar refractivity (Wildman–Crippen MR) is 96.1 cm³/mol. The molecule has 138 valence electrons. The normalized spacial score (nSPS) is 29.9. The van der Waals surface area contributed by atoms with E-state index >= 15 is 0 Å². The van der Waals surface area contributed by atoms with Crippen LogP contribution >= 0.6 is 0 Å². The molecule has 0 amide bonds. The Labute approximate surface area is 150 Å². The molecule has 1 N–H and O–H groups in total. The first kappa shape index (κ1) is 18.6. The summed E-state index contributed by atoms with van der Waals surface area (Å²) >= 11 is 0. The van der Waals surface area contributed by atoms with Gasteiger partial charge >= 0.3 is 0 Å². The summed E-state index contributed by atoms with van der Waals surface area (Å²) in [4.78, 5) is 12.5. The van der Waals surface area contributed by atoms with Crippen molar-refractivity contribution in [3.8, 4) is 0 Å². The number of ether oxygens (including phenoxy) is 2. The van der Waals surface area contributed by atoms with Crippen LogP contribution < -0.4 is 0 Å². The van der Waals surface area contributed by atoms with Crippen LogP contribution in [-0.4, -0.2) is 36.8 Å². The van der Waals surface area contributed by atoms with E-state index < -0.39 is 0 Å². The monoisotopic (exact) mass is 346 g/mol. The number of benzene rings is 1. The van der Waals surface area contributed by atoms with E-state index in [9.17, 15) is 9.90 Å². The molecule has 2 aliphatic rings. The van der Waals surface area contributed by atoms with Crippen LogP contribution in [0.2, 0.25) is 0 Å². The van der Waals surface area contributed by atoms with Gasteiger partial charge in [0.1, 0.15) is 5.78 Å². The highest BCUT2D eigenvalue weighted by atomic mass is 16.5. The minimum atomic E-state index is 0.0125. The van der Waals surface area contributed by atoms with E-state index in [4.69, 9.17) is 9.47 Å². The number of carbonyl (C=O) groups excluding carboxylic acids is 1. The molecular weight excluding hydrogens is 316 g/mol. The molecule has 4 atom stereocenters. The summed E-state index contributed by atoms with van der Waals surface area (Å²) in [5.41, 5.74) is 1.15. The van der Waals surface area contributed by atoms with E-state index in [0.29, 0.717) is 25.4 Å². The van der Waals surface area contributed by atoms with E-state index in [1.54, 1.807) is 0 Å². The molecule has 4 nitrogen and oxygen atoms in total. The fraction of sp³-hybridized carbons (Fsp3) is 0.667. The van der Waals surface area contributed by atoms with Gasteiger partial charge in [0, 0.05) is 32.2 Å². The van der Waals surface area contributed by atoms with Gasteiger partial charge in [-0.15, -0.1) is 0 Å². The molecule has 1 aromatic carbocycles. The highest BCUT2D eigenvalue weighted by Gasteiger charge is 2.42. The fourth-order valence-electron chi connectivity index (χ4n) is 4.33. The smallest absolute Gasteiger partial charge is 0.136 e. The minimum absolute atomic E-state index is 0.0125. The van der Waals surface area contributed by atoms with Gasteiger partial charge in [0.2, 0.25) is 0 Å². The van der Waals surface area contributed by atoms with Gasteiger partial charge in [0.25, 0.3) is 0 Å². The Hall–Kier alpha value is -1.23. The van der Waals surface area contributed by atoms with Crippen molar-refractivity contribution in [2.24, 2.45) is 17.8 Å². The van der Waals surface area contributed by atoms with E-state index in [1.807, 2.05) is 30.3 Å². The molecule has 3 rings (SSSR count). The van der Waals surface area contributed by atoms with Gasteiger partial charge in [-0.1, -0.05) is 30.3 Å². The van der Waals surface area contributed by atoms with Crippen molar-refractivity contribution in [1.82, 2.24) is 0 Å². The van der Waals surface area contributed by atoms with E-state index in [1.165, 1.54) is 6.42 Å². The van der Waals surface area contributed by atoms with Gasteiger partial charge in [-0.2, -0.15) is 0 Å². The summed E-state index contributed by atoms with van der Waals surface area (Å²) in [6.07, 6.45) is 5.85. The number of hydrogen-bond acceptors (Lipinski definition) is 4. The van der Waals surface area contributed by atoms with Gasteiger partial charge < -0.3 is 14.6 Å². The summed E-state index contributed by atoms with van der Waals surface area (Å²) in [5, 5.41) is 9.70. The second kappa shape index (κ2) is 9.46. The third-order valence-electron chi connectivity index (χ3n) is 5.73. The van der Waals surface area contributed by atoms with E-state index in [-0.39, 0.29) is 30.5 Å². The van der Waals surface area contributed by atoms with Gasteiger partial charge in [0.15, 0.2) is 0 Å². The van der Waals surface area contributed by atoms with Crippen molar-refractivity contribution in [2.75, 3.05) is 19.8 Å². The summed E-state index contributed by atoms with van der Waals surface area (Å²) in [5.74, 6) is 0.639. The van der Waals surface area contributed by atoms with Crippen molar-refractivity contribution in [3.05, 3.63) is 35.9 Å². The molecular formula is C21H30O4. The second-order valence-corrected chi connectivity index (χ2v) is 7.43. The number of aliphatic hydroxyl groups is 1. The molecule has 1 aromatic rings. The lowest BCUT2D eigenvalue weighted by atomic mass is 9.82. The largest absolute Gasteiger partial charge is 0.396 e. The first-order chi connectivity index (χ1) is 12.3. The predicted octanol–water partition coefficient (Wildman–Crippen LogP) is 3.37. The molecule has 2 fully saturated rings. The van der Waals surface area contributed by atoms with Crippen molar-refractivity contribution in [2.45, 2.75) is 51.2 Å². The van der Waals surface area contributed by atoms with Crippen molar-refractivity contribution >= 4 is 5.78 Å². The van der Waals surface area contributed by atoms with E-state index in [0.717, 1.165) is 37.9 Å². The zero-order valence-electron chi connectivity index (χ0n) is 14.9. The van der Waals surface area contributed by atoms with Crippen LogP contribution in [0.4, 0.5) is 0 Å². The number of Topliss-reactive ketones (excluding diaryl/α,β-unsaturated/α-hetero) is 1. The van der Waals surface area contributed by atoms with Crippen LogP contribution in [0.25, 0.3) is 0 Å². The summed E-state index contributed by atoms with van der Waals surface area (Å²) in [6.45, 7) is 2.11. The zero-order valence-corrected chi connectivity index (χ0v) is 14.9. The Balaban J connectivity index is 1.50. The Kier molecular flexibility index (Phi) is 7.02. The van der Waals surface area contributed by atoms with E-state index in [2.05, 4.69) is 0 Å². The van der Waals surface area contributed by atoms with Crippen LogP contribution in [0.5, 0.6) is 0 Å². The molecule has 25 heavy (non-hydrogen) atoms. The van der Waals surface area contributed by atoms with Crippen LogP contribution in [0.3, 0.4) is 0 Å². The van der Waals surface area contributed by atoms with Crippen molar-refractivity contribution in [3.63, 3.8) is 0 Å². The molecule has 0 bridgehead atoms. The van der Waals surface area contributed by atoms with Crippen molar-refractivity contribution < 1.29 is 19.4 Å². The maximum absolute atomic E-state index is 12.5. The molecule has 1 aliphatic carbocycles. The SMILES string of the molecule is O=C1C[C@@H](CO)[C@@H](CC2CCCCO2)[C@@H]1CCOCc1ccccc1. The molecule has 1 heterocycles. The maximum atomic E-state index is 12.5. The molecule has 4 heteroatoms. The zero-order chi connectivity index (χ0) is 17.5. The molecule has 1 saturated carbocycles. The summed E-state index contributed by atoms with van der Waals surface area (Å²) < 4.78 is 11.7. The number of carbonyl (C=O) groups is 1. The van der Waals surface area contributed by atoms with Gasteiger partial charge in [0.05, 0.1) is 12.7 Å². The molecule has 1 aliphatic heterocycles. The standard InChI is InChI=1S/C21H30O4/c22-14-17-12-21(23)19(20(17)13-18-8-4-5-10-25-18)9-11-24-15-16-6-2-1-3-7-16/h1-3,6-7,17-20,22H,4-5,8-15H2/t17-,18?,19-,20+/m0/s1. The fourth-order valence-corrected chi connectivity index (χ4v) is 4.33. The first-order valence-corrected chi connectivity index (χ1v) is 9.64. The first-order valence-electron chi connectivity index (χ1n) is 9.64. The third-order valence-corrected chi connectivity index (χ3v) is 5.73. The Bertz CT molecular complexity index is 524. The Morgan fingerprint density at radius 2 is 2.04 bits per heavy atom. The Morgan fingerprint density at radius 1 is 1.20 bits per heavy atom. The lowest BCUT2D eigenvalue weighted by molar-refractivity contribution is -0.122. The van der Waals surface area contributed by atoms with Crippen LogP contribution in [0, 0.1) is 17.8 Å². The van der Waals surface area contributed by atoms with Gasteiger partial charge in [-0.3, -0.25) is 4.79 Å². The molecule has 1 unspecified atom stereocenters. The third kappa shape index (κ3) is 5.13. The molecule has 0 spiro atoms. The topological polar surface area (TPSA) is 55.8 Å². The lowest BCUT2D eigenvalue weighted by Gasteiger charge is -2.30. The Morgan fingerprint density at radius 3 is 2.76 bits per heavy atom. The number of rotatable bonds is 8. The van der Waals surface area contributed by atoms with Crippen molar-refractivity contribution in [1.29, 1.82) is 0 Å². The van der Waals surface area contributed by atoms with Crippen LogP contribution in [0.1, 0.15) is 44.1 Å². The summed E-state index contributed by atoms with van der Waals surface area (Å²) in [7, 11) is 0. The second-order valence-electron chi connectivity index (χ2n) is 7.43. The number of ketones is 1. The number of hydrogen-bond donors (Lipinski definition) is 1. The molecule has 0 radical (unpaired) electrons. The highest BCUT2D eigenvalue weighted by molar-refractivity contribution is 5.83. The van der Waals surface area contributed by atoms with Crippen LogP contribution in [-0.2, 0) is 20.9 Å². The van der Waals surface area contributed by atoms with Crippen LogP contribution in [0.15, 0.2) is 30.3 Å². The minimum Gasteiger partial charge on any atom is -0.396 e. The average molecular weight is 346 g/mol. The van der Waals surface area contributed by atoms with Gasteiger partial charge in [-0.25, -0.2) is 0 Å². The molecule has 0 aromatic heterocycles. The maximum Gasteiger partial charge on any atom is 0.136 e. The summed E-state index contributed by atoms with van der Waals surface area (Å²) in [6, 6.07) is 10.1. The average Bonchev–Trinajstić information content (AvgIpc) is 2.95. The quantitative estimate of drug-likeness (QED) is 0.733. The molecule has 1 saturated heterocycles.